The van der Waals surface area contributed by atoms with Crippen LogP contribution in [0.4, 0.5) is 0 Å². The van der Waals surface area contributed by atoms with Crippen LogP contribution in [-0.2, 0) is 6.54 Å². The van der Waals surface area contributed by atoms with Crippen molar-refractivity contribution in [1.82, 2.24) is 5.32 Å². The molecule has 0 fully saturated rings. The van der Waals surface area contributed by atoms with Crippen molar-refractivity contribution in [1.29, 1.82) is 0 Å². The number of phenols is 1. The summed E-state index contributed by atoms with van der Waals surface area (Å²) in [6, 6.07) is 12.2. The second-order valence-corrected chi connectivity index (χ2v) is 5.35. The minimum Gasteiger partial charge on any atom is -0.508 e. The van der Waals surface area contributed by atoms with Crippen LogP contribution in [0.2, 0.25) is 5.02 Å². The van der Waals surface area contributed by atoms with Crippen LogP contribution in [0.5, 0.6) is 11.5 Å². The zero-order chi connectivity index (χ0) is 15.9. The average molecular weight is 358 g/mol. The molecule has 0 radical (unpaired) electrons. The van der Waals surface area contributed by atoms with E-state index >= 15 is 0 Å². The zero-order valence-corrected chi connectivity index (χ0v) is 14.4. The molecule has 1 atom stereocenters. The Morgan fingerprint density at radius 1 is 1.22 bits per heavy atom. The lowest BCUT2D eigenvalue weighted by molar-refractivity contribution is 0.174. The molecule has 0 aliphatic heterocycles. The molecule has 2 rings (SSSR count). The van der Waals surface area contributed by atoms with Gasteiger partial charge in [0.2, 0.25) is 0 Å². The number of hydrogen-bond acceptors (Lipinski definition) is 4. The highest BCUT2D eigenvalue weighted by atomic mass is 35.5. The van der Waals surface area contributed by atoms with Crippen LogP contribution in [0.15, 0.2) is 42.5 Å². The van der Waals surface area contributed by atoms with Crippen LogP contribution < -0.4 is 10.1 Å². The lowest BCUT2D eigenvalue weighted by Gasteiger charge is -2.13. The number of aliphatic hydroxyl groups excluding tert-OH is 1. The number of aromatic hydroxyl groups is 1. The molecule has 4 nitrogen and oxygen atoms in total. The van der Waals surface area contributed by atoms with Crippen molar-refractivity contribution in [2.24, 2.45) is 0 Å². The summed E-state index contributed by atoms with van der Waals surface area (Å²) in [6.45, 7) is 3.46. The SMILES string of the molecule is CCOc1ccc(CNCC(O)c2cccc(O)c2)cc1Cl.Cl. The van der Waals surface area contributed by atoms with E-state index in [0.29, 0.717) is 36.0 Å². The molecule has 0 bridgehead atoms. The van der Waals surface area contributed by atoms with E-state index in [1.807, 2.05) is 25.1 Å². The van der Waals surface area contributed by atoms with Crippen LogP contribution in [0.3, 0.4) is 0 Å². The molecule has 0 aliphatic rings. The predicted octanol–water partition coefficient (Wildman–Crippen LogP) is 3.69. The maximum absolute atomic E-state index is 10.1. The van der Waals surface area contributed by atoms with Crippen molar-refractivity contribution < 1.29 is 14.9 Å². The Labute approximate surface area is 147 Å². The summed E-state index contributed by atoms with van der Waals surface area (Å²) in [5.74, 6) is 0.822. The Kier molecular flexibility index (Phi) is 8.20. The van der Waals surface area contributed by atoms with Gasteiger partial charge in [0, 0.05) is 13.1 Å². The van der Waals surface area contributed by atoms with Gasteiger partial charge in [-0.2, -0.15) is 0 Å². The fourth-order valence-corrected chi connectivity index (χ4v) is 2.39. The topological polar surface area (TPSA) is 61.7 Å². The van der Waals surface area contributed by atoms with Gasteiger partial charge in [-0.1, -0.05) is 29.8 Å². The lowest BCUT2D eigenvalue weighted by atomic mass is 10.1. The summed E-state index contributed by atoms with van der Waals surface area (Å²) in [6.07, 6.45) is -0.676. The fraction of sp³-hybridized carbons (Fsp3) is 0.294. The van der Waals surface area contributed by atoms with Crippen molar-refractivity contribution >= 4 is 24.0 Å². The standard InChI is InChI=1S/C17H20ClNO3.ClH/c1-2-22-17-7-6-12(8-15(17)18)10-19-11-16(21)13-4-3-5-14(20)9-13;/h3-9,16,19-21H,2,10-11H2,1H3;1H. The second-order valence-electron chi connectivity index (χ2n) is 4.94. The number of aliphatic hydroxyl groups is 1. The molecular formula is C17H21Cl2NO3. The van der Waals surface area contributed by atoms with E-state index in [1.54, 1.807) is 24.3 Å². The van der Waals surface area contributed by atoms with E-state index in [-0.39, 0.29) is 18.2 Å². The molecule has 0 saturated carbocycles. The Morgan fingerprint density at radius 2 is 2.00 bits per heavy atom. The minimum atomic E-state index is -0.676. The third-order valence-corrected chi connectivity index (χ3v) is 3.51. The van der Waals surface area contributed by atoms with Crippen LogP contribution in [0.25, 0.3) is 0 Å². The summed E-state index contributed by atoms with van der Waals surface area (Å²) in [4.78, 5) is 0. The molecule has 0 heterocycles. The van der Waals surface area contributed by atoms with E-state index in [9.17, 15) is 10.2 Å². The summed E-state index contributed by atoms with van der Waals surface area (Å²) in [5.41, 5.74) is 1.69. The zero-order valence-electron chi connectivity index (χ0n) is 12.8. The maximum Gasteiger partial charge on any atom is 0.137 e. The van der Waals surface area contributed by atoms with Crippen LogP contribution in [0.1, 0.15) is 24.2 Å². The van der Waals surface area contributed by atoms with Gasteiger partial charge in [0.05, 0.1) is 17.7 Å². The first kappa shape index (κ1) is 19.6. The predicted molar refractivity (Wildman–Crippen MR) is 94.6 cm³/mol. The summed E-state index contributed by atoms with van der Waals surface area (Å²) in [5, 5.41) is 23.2. The monoisotopic (exact) mass is 357 g/mol. The highest BCUT2D eigenvalue weighted by molar-refractivity contribution is 6.32. The van der Waals surface area contributed by atoms with Gasteiger partial charge in [-0.05, 0) is 42.3 Å². The van der Waals surface area contributed by atoms with Crippen molar-refractivity contribution in [3.05, 3.63) is 58.6 Å². The Hall–Kier alpha value is -1.46. The molecule has 6 heteroatoms. The Morgan fingerprint density at radius 3 is 2.65 bits per heavy atom. The molecule has 0 spiro atoms. The number of phenolic OH excluding ortho intramolecular Hbond substituents is 1. The van der Waals surface area contributed by atoms with Crippen molar-refractivity contribution in [2.75, 3.05) is 13.2 Å². The number of hydrogen-bond donors (Lipinski definition) is 3. The van der Waals surface area contributed by atoms with Gasteiger partial charge in [-0.25, -0.2) is 0 Å². The van der Waals surface area contributed by atoms with E-state index in [0.717, 1.165) is 5.56 Å². The maximum atomic E-state index is 10.1. The van der Waals surface area contributed by atoms with E-state index < -0.39 is 6.10 Å². The Balaban J connectivity index is 0.00000264. The van der Waals surface area contributed by atoms with E-state index in [1.165, 1.54) is 0 Å². The third-order valence-electron chi connectivity index (χ3n) is 3.22. The number of halogens is 2. The van der Waals surface area contributed by atoms with E-state index in [2.05, 4.69) is 5.32 Å². The first-order valence-corrected chi connectivity index (χ1v) is 7.57. The molecule has 23 heavy (non-hydrogen) atoms. The number of benzene rings is 2. The molecule has 0 aliphatic carbocycles. The first-order chi connectivity index (χ1) is 10.6. The highest BCUT2D eigenvalue weighted by Gasteiger charge is 2.08. The number of nitrogens with one attached hydrogen (secondary N) is 1. The van der Waals surface area contributed by atoms with Gasteiger partial charge in [0.25, 0.3) is 0 Å². The summed E-state index contributed by atoms with van der Waals surface area (Å²) < 4.78 is 5.39. The Bertz CT molecular complexity index is 623. The first-order valence-electron chi connectivity index (χ1n) is 7.19. The van der Waals surface area contributed by atoms with Crippen LogP contribution in [0, 0.1) is 0 Å². The third kappa shape index (κ3) is 5.92. The lowest BCUT2D eigenvalue weighted by Crippen LogP contribution is -2.21. The normalized spacial score (nSPS) is 11.6. The molecular weight excluding hydrogens is 337 g/mol. The van der Waals surface area contributed by atoms with Gasteiger partial charge in [0.1, 0.15) is 11.5 Å². The average Bonchev–Trinajstić information content (AvgIpc) is 2.50. The van der Waals surface area contributed by atoms with Crippen molar-refractivity contribution in [3.63, 3.8) is 0 Å². The van der Waals surface area contributed by atoms with Crippen LogP contribution >= 0.6 is 24.0 Å². The molecule has 2 aromatic carbocycles. The largest absolute Gasteiger partial charge is 0.508 e. The highest BCUT2D eigenvalue weighted by Crippen LogP contribution is 2.25. The molecule has 0 aromatic heterocycles. The fourth-order valence-electron chi connectivity index (χ4n) is 2.13. The molecule has 126 valence electrons. The van der Waals surface area contributed by atoms with Gasteiger partial charge >= 0.3 is 0 Å². The van der Waals surface area contributed by atoms with E-state index in [4.69, 9.17) is 16.3 Å². The molecule has 2 aromatic rings. The minimum absolute atomic E-state index is 0. The van der Waals surface area contributed by atoms with Gasteiger partial charge in [-0.15, -0.1) is 12.4 Å². The van der Waals surface area contributed by atoms with Gasteiger partial charge in [-0.3, -0.25) is 0 Å². The molecule has 0 saturated heterocycles. The van der Waals surface area contributed by atoms with Crippen molar-refractivity contribution in [3.8, 4) is 11.5 Å². The van der Waals surface area contributed by atoms with Crippen LogP contribution in [-0.4, -0.2) is 23.4 Å². The second kappa shape index (κ2) is 9.63. The summed E-state index contributed by atoms with van der Waals surface area (Å²) >= 11 is 6.13. The molecule has 3 N–H and O–H groups in total. The molecule has 0 amide bonds. The van der Waals surface area contributed by atoms with Crippen molar-refractivity contribution in [2.45, 2.75) is 19.6 Å². The van der Waals surface area contributed by atoms with Gasteiger partial charge < -0.3 is 20.3 Å². The smallest absolute Gasteiger partial charge is 0.137 e. The number of ether oxygens (including phenoxy) is 1. The quantitative estimate of drug-likeness (QED) is 0.707. The molecule has 1 unspecified atom stereocenters. The summed E-state index contributed by atoms with van der Waals surface area (Å²) in [7, 11) is 0. The van der Waals surface area contributed by atoms with Gasteiger partial charge in [0.15, 0.2) is 0 Å². The number of rotatable bonds is 7.